The number of carboxylic acids is 2. The standard InChI is InChI=1S/2C10H14N2O.2C8H6O3.Ni.2H2O/c2*1-3-12(4-2)10(13)9-6-5-7-11-8-9;2*9-5-6-1-3-7(4-2-6)8(10)11;;;/h2*5-8H,3-4H2,1-2H3;2*1-5H,(H,10,11);;2*1H2/q;;;;+2;;. The summed E-state index contributed by atoms with van der Waals surface area (Å²) in [6.07, 6.45) is 7.83. The van der Waals surface area contributed by atoms with Gasteiger partial charge < -0.3 is 40.6 Å². The van der Waals surface area contributed by atoms with Crippen LogP contribution in [0.5, 0.6) is 0 Å². The number of aromatic nitrogens is 2. The van der Waals surface area contributed by atoms with Crippen LogP contribution in [0.3, 0.4) is 0 Å². The maximum absolute atomic E-state index is 11.7. The first kappa shape index (κ1) is 49.8. The molecule has 15 heteroatoms. The van der Waals surface area contributed by atoms with Crippen molar-refractivity contribution >= 4 is 36.3 Å². The number of aldehydes is 2. The summed E-state index contributed by atoms with van der Waals surface area (Å²) < 4.78 is 0. The fourth-order valence-corrected chi connectivity index (χ4v) is 3.76. The predicted molar refractivity (Wildman–Crippen MR) is 185 cm³/mol. The second kappa shape index (κ2) is 28.2. The zero-order chi connectivity index (χ0) is 35.9. The molecule has 4 rings (SSSR count). The van der Waals surface area contributed by atoms with Crippen LogP contribution in [0.2, 0.25) is 0 Å². The Hall–Kier alpha value is -5.63. The Kier molecular flexibility index (Phi) is 27.5. The number of nitrogens with zero attached hydrogens (tertiary/aromatic N) is 4. The summed E-state index contributed by atoms with van der Waals surface area (Å²) in [6, 6.07) is 18.2. The fourth-order valence-electron chi connectivity index (χ4n) is 3.76. The Morgan fingerprint density at radius 3 is 1.04 bits per heavy atom. The molecule has 14 nitrogen and oxygen atoms in total. The van der Waals surface area contributed by atoms with Gasteiger partial charge in [-0.25, -0.2) is 0 Å². The van der Waals surface area contributed by atoms with Gasteiger partial charge >= 0.3 is 16.5 Å². The van der Waals surface area contributed by atoms with Gasteiger partial charge in [0.2, 0.25) is 0 Å². The molecule has 6 N–H and O–H groups in total. The number of benzene rings is 2. The van der Waals surface area contributed by atoms with E-state index < -0.39 is 11.9 Å². The van der Waals surface area contributed by atoms with Gasteiger partial charge in [-0.3, -0.25) is 29.1 Å². The second-order valence-corrected chi connectivity index (χ2v) is 9.49. The number of carbonyl (C=O) groups excluding carboxylic acids is 6. The van der Waals surface area contributed by atoms with Crippen molar-refractivity contribution in [3.63, 3.8) is 0 Å². The number of carbonyl (C=O) groups is 6. The number of amides is 2. The maximum atomic E-state index is 11.7. The van der Waals surface area contributed by atoms with Gasteiger partial charge in [0.25, 0.3) is 11.8 Å². The molecule has 0 fully saturated rings. The van der Waals surface area contributed by atoms with Gasteiger partial charge in [0.1, 0.15) is 12.6 Å². The van der Waals surface area contributed by atoms with E-state index in [9.17, 15) is 39.0 Å². The third kappa shape index (κ3) is 18.1. The molecule has 0 aliphatic rings. The van der Waals surface area contributed by atoms with Crippen LogP contribution in [0.25, 0.3) is 0 Å². The van der Waals surface area contributed by atoms with E-state index in [1.54, 1.807) is 58.9 Å². The first-order valence-corrected chi connectivity index (χ1v) is 15.0. The molecular formula is C36H44N4NiO10+2. The Balaban J connectivity index is -0.000000592. The molecule has 0 saturated carbocycles. The number of rotatable bonds is 10. The molecule has 0 unspecified atom stereocenters. The summed E-state index contributed by atoms with van der Waals surface area (Å²) in [6.45, 7) is 10.8. The van der Waals surface area contributed by atoms with Crippen LogP contribution in [-0.4, -0.2) is 82.3 Å². The number of pyridine rings is 2. The third-order valence-corrected chi connectivity index (χ3v) is 6.48. The van der Waals surface area contributed by atoms with Crippen molar-refractivity contribution in [3.8, 4) is 0 Å². The predicted octanol–water partition coefficient (Wildman–Crippen LogP) is 1.01. The molecule has 0 spiro atoms. The van der Waals surface area contributed by atoms with Crippen LogP contribution in [0, 0.1) is 0 Å². The van der Waals surface area contributed by atoms with Gasteiger partial charge in [0.05, 0.1) is 23.1 Å². The largest absolute Gasteiger partial charge is 2.00 e. The molecule has 0 aliphatic carbocycles. The van der Waals surface area contributed by atoms with Gasteiger partial charge in [-0.2, -0.15) is 0 Å². The van der Waals surface area contributed by atoms with Crippen molar-refractivity contribution in [2.75, 3.05) is 26.2 Å². The summed E-state index contributed by atoms with van der Waals surface area (Å²) in [5.74, 6) is -2.36. The van der Waals surface area contributed by atoms with Crippen molar-refractivity contribution in [2.24, 2.45) is 0 Å². The Morgan fingerprint density at radius 2 is 0.843 bits per heavy atom. The topological polar surface area (TPSA) is 247 Å². The van der Waals surface area contributed by atoms with Crippen molar-refractivity contribution in [1.82, 2.24) is 19.8 Å². The van der Waals surface area contributed by atoms with Gasteiger partial charge in [0.15, 0.2) is 0 Å². The van der Waals surface area contributed by atoms with Crippen LogP contribution in [0.1, 0.15) is 89.8 Å². The number of hydrogen-bond donors (Lipinski definition) is 0. The van der Waals surface area contributed by atoms with Crippen molar-refractivity contribution in [3.05, 3.63) is 131 Å². The minimum absolute atomic E-state index is 0. The van der Waals surface area contributed by atoms with E-state index in [1.807, 2.05) is 27.7 Å². The molecule has 0 aliphatic heterocycles. The van der Waals surface area contributed by atoms with E-state index in [-0.39, 0.29) is 50.4 Å². The normalized spacial score (nSPS) is 8.86. The van der Waals surface area contributed by atoms with E-state index >= 15 is 0 Å². The second-order valence-electron chi connectivity index (χ2n) is 9.49. The van der Waals surface area contributed by atoms with E-state index in [1.165, 1.54) is 48.5 Å². The summed E-state index contributed by atoms with van der Waals surface area (Å²) in [5.41, 5.74) is 2.38. The molecule has 2 heterocycles. The van der Waals surface area contributed by atoms with Crippen LogP contribution >= 0.6 is 0 Å². The van der Waals surface area contributed by atoms with Crippen LogP contribution < -0.4 is 10.2 Å². The summed E-state index contributed by atoms with van der Waals surface area (Å²) in [4.78, 5) is 75.4. The van der Waals surface area contributed by atoms with Crippen molar-refractivity contribution < 1.29 is 66.4 Å². The summed E-state index contributed by atoms with van der Waals surface area (Å²) >= 11 is 0. The molecule has 0 bridgehead atoms. The average molecular weight is 751 g/mol. The zero-order valence-electron chi connectivity index (χ0n) is 28.7. The van der Waals surface area contributed by atoms with E-state index in [0.29, 0.717) is 34.8 Å². The first-order valence-electron chi connectivity index (χ1n) is 15.0. The van der Waals surface area contributed by atoms with Gasteiger partial charge in [0, 0.05) is 62.1 Å². The fraction of sp³-hybridized carbons (Fsp3) is 0.222. The van der Waals surface area contributed by atoms with Crippen LogP contribution in [0.4, 0.5) is 0 Å². The first-order chi connectivity index (χ1) is 23.1. The number of carboxylic acid groups (broad SMARTS) is 2. The summed E-state index contributed by atoms with van der Waals surface area (Å²) in [7, 11) is 0. The molecule has 51 heavy (non-hydrogen) atoms. The molecular weight excluding hydrogens is 707 g/mol. The Labute approximate surface area is 306 Å². The minimum Gasteiger partial charge on any atom is -0.545 e. The van der Waals surface area contributed by atoms with E-state index in [0.717, 1.165) is 26.2 Å². The van der Waals surface area contributed by atoms with Crippen LogP contribution in [0.15, 0.2) is 97.6 Å². The van der Waals surface area contributed by atoms with Gasteiger partial charge in [-0.05, 0) is 63.1 Å². The van der Waals surface area contributed by atoms with Crippen molar-refractivity contribution in [1.29, 1.82) is 0 Å². The monoisotopic (exact) mass is 750 g/mol. The average Bonchev–Trinajstić information content (AvgIpc) is 3.14. The molecule has 276 valence electrons. The minimum atomic E-state index is -1.23. The quantitative estimate of drug-likeness (QED) is 0.126. The molecule has 0 radical (unpaired) electrons. The smallest absolute Gasteiger partial charge is 0.545 e. The molecule has 2 amide bonds. The molecule has 2 aromatic carbocycles. The Bertz CT molecular complexity index is 1460. The SMILES string of the molecule is CCN(CC)C(=O)c1cccnc1.CCN(CC)C(=O)c1cccnc1.O=Cc1ccc(C(=O)[O-])cc1.O=Cc1ccc(C(=O)[O-])cc1.[Ni+2].[OH3+].[OH3+]. The number of hydrogen-bond acceptors (Lipinski definition) is 10. The zero-order valence-corrected chi connectivity index (χ0v) is 29.7. The van der Waals surface area contributed by atoms with Crippen molar-refractivity contribution in [2.45, 2.75) is 27.7 Å². The molecule has 2 aromatic heterocycles. The maximum Gasteiger partial charge on any atom is 2.00 e. The summed E-state index contributed by atoms with van der Waals surface area (Å²) in [5, 5.41) is 20.4. The Morgan fingerprint density at radius 1 is 0.549 bits per heavy atom. The third-order valence-electron chi connectivity index (χ3n) is 6.48. The molecule has 4 aromatic rings. The van der Waals surface area contributed by atoms with E-state index in [2.05, 4.69) is 9.97 Å². The molecule has 0 atom stereocenters. The van der Waals surface area contributed by atoms with Gasteiger partial charge in [-0.1, -0.05) is 48.5 Å². The van der Waals surface area contributed by atoms with Crippen LogP contribution in [-0.2, 0) is 27.4 Å². The molecule has 0 saturated heterocycles. The number of aromatic carboxylic acids is 2. The van der Waals surface area contributed by atoms with E-state index in [4.69, 9.17) is 0 Å². The van der Waals surface area contributed by atoms with Gasteiger partial charge in [-0.15, -0.1) is 0 Å².